The molecule has 1 aromatic carbocycles. The van der Waals surface area contributed by atoms with E-state index in [9.17, 15) is 9.90 Å². The molecule has 0 aliphatic heterocycles. The molecule has 0 heterocycles. The summed E-state index contributed by atoms with van der Waals surface area (Å²) in [4.78, 5) is 18.0. The second-order valence-corrected chi connectivity index (χ2v) is 7.58. The number of esters is 1. The van der Waals surface area contributed by atoms with Crippen molar-refractivity contribution in [2.75, 3.05) is 6.61 Å². The molecule has 1 N–H and O–H groups in total. The average molecular weight is 388 g/mol. The van der Waals surface area contributed by atoms with E-state index >= 15 is 0 Å². The van der Waals surface area contributed by atoms with Crippen LogP contribution in [0, 0.1) is 11.8 Å². The molecule has 0 radical (unpaired) electrons. The van der Waals surface area contributed by atoms with E-state index in [1.165, 1.54) is 12.6 Å². The van der Waals surface area contributed by atoms with Gasteiger partial charge in [0.1, 0.15) is 6.61 Å². The Labute approximate surface area is 168 Å². The zero-order valence-corrected chi connectivity index (χ0v) is 17.3. The standard InChI is InChI=1S/C23H33NO4/c1-4-27-23(26)21(17(2)3)20(22(25)19-13-9-6-10-14-19)15-24-28-16-18-11-7-5-8-12-18/h5,7-8,11-12,15,17,19,22,25H,4,6,9-10,13-14,16H2,1-3H3/b21-20+,24-15+. The van der Waals surface area contributed by atoms with Crippen molar-refractivity contribution in [3.8, 4) is 0 Å². The lowest BCUT2D eigenvalue weighted by molar-refractivity contribution is -0.139. The number of ether oxygens (including phenoxy) is 1. The van der Waals surface area contributed by atoms with Gasteiger partial charge < -0.3 is 14.7 Å². The third kappa shape index (κ3) is 6.48. The fourth-order valence-electron chi connectivity index (χ4n) is 3.68. The first kappa shape index (κ1) is 22.2. The lowest BCUT2D eigenvalue weighted by atomic mass is 9.80. The van der Waals surface area contributed by atoms with Gasteiger partial charge in [-0.3, -0.25) is 0 Å². The fraction of sp³-hybridized carbons (Fsp3) is 0.565. The molecule has 0 aromatic heterocycles. The minimum atomic E-state index is -0.744. The molecule has 1 fully saturated rings. The number of aliphatic hydroxyl groups excluding tert-OH is 1. The van der Waals surface area contributed by atoms with Gasteiger partial charge in [-0.25, -0.2) is 4.79 Å². The Morgan fingerprint density at radius 3 is 2.50 bits per heavy atom. The molecule has 0 saturated heterocycles. The largest absolute Gasteiger partial charge is 0.463 e. The zero-order valence-electron chi connectivity index (χ0n) is 17.3. The Hall–Kier alpha value is -2.14. The normalized spacial score (nSPS) is 17.5. The molecule has 5 nitrogen and oxygen atoms in total. The molecule has 154 valence electrons. The van der Waals surface area contributed by atoms with Crippen molar-refractivity contribution in [2.45, 2.75) is 65.6 Å². The molecule has 0 spiro atoms. The lowest BCUT2D eigenvalue weighted by Gasteiger charge is -2.28. The number of aliphatic hydroxyl groups is 1. The first-order chi connectivity index (χ1) is 13.5. The highest BCUT2D eigenvalue weighted by Crippen LogP contribution is 2.31. The molecule has 0 amide bonds. The van der Waals surface area contributed by atoms with Crippen molar-refractivity contribution in [2.24, 2.45) is 17.0 Å². The summed E-state index contributed by atoms with van der Waals surface area (Å²) >= 11 is 0. The Balaban J connectivity index is 2.24. The van der Waals surface area contributed by atoms with Gasteiger partial charge in [0.15, 0.2) is 0 Å². The Morgan fingerprint density at radius 1 is 1.21 bits per heavy atom. The summed E-state index contributed by atoms with van der Waals surface area (Å²) < 4.78 is 5.25. The van der Waals surface area contributed by atoms with Crippen LogP contribution >= 0.6 is 0 Å². The molecule has 28 heavy (non-hydrogen) atoms. The predicted molar refractivity (Wildman–Crippen MR) is 111 cm³/mol. The summed E-state index contributed by atoms with van der Waals surface area (Å²) in [6, 6.07) is 9.75. The van der Waals surface area contributed by atoms with Crippen LogP contribution in [0.5, 0.6) is 0 Å². The van der Waals surface area contributed by atoms with E-state index in [4.69, 9.17) is 9.57 Å². The van der Waals surface area contributed by atoms with Crippen LogP contribution in [0.2, 0.25) is 0 Å². The van der Waals surface area contributed by atoms with Crippen LogP contribution in [0.1, 0.15) is 58.4 Å². The minimum absolute atomic E-state index is 0.0899. The third-order valence-electron chi connectivity index (χ3n) is 5.14. The number of hydrogen-bond donors (Lipinski definition) is 1. The van der Waals surface area contributed by atoms with Crippen molar-refractivity contribution in [3.05, 3.63) is 47.0 Å². The van der Waals surface area contributed by atoms with E-state index in [2.05, 4.69) is 5.16 Å². The van der Waals surface area contributed by atoms with Gasteiger partial charge in [0.2, 0.25) is 0 Å². The highest BCUT2D eigenvalue weighted by molar-refractivity contribution is 5.97. The number of oxime groups is 1. The van der Waals surface area contributed by atoms with Gasteiger partial charge in [-0.05, 0) is 37.2 Å². The van der Waals surface area contributed by atoms with E-state index in [0.29, 0.717) is 24.4 Å². The van der Waals surface area contributed by atoms with Gasteiger partial charge in [0.05, 0.1) is 18.9 Å². The summed E-state index contributed by atoms with van der Waals surface area (Å²) in [7, 11) is 0. The van der Waals surface area contributed by atoms with E-state index in [-0.39, 0.29) is 11.8 Å². The Morgan fingerprint density at radius 2 is 1.89 bits per heavy atom. The zero-order chi connectivity index (χ0) is 20.4. The molecule has 0 bridgehead atoms. The molecule has 1 saturated carbocycles. The van der Waals surface area contributed by atoms with Crippen molar-refractivity contribution in [1.29, 1.82) is 0 Å². The first-order valence-corrected chi connectivity index (χ1v) is 10.3. The minimum Gasteiger partial charge on any atom is -0.463 e. The van der Waals surface area contributed by atoms with Crippen LogP contribution in [0.15, 0.2) is 46.6 Å². The number of rotatable bonds is 9. The Bertz CT molecular complexity index is 660. The highest BCUT2D eigenvalue weighted by atomic mass is 16.6. The molecule has 1 atom stereocenters. The van der Waals surface area contributed by atoms with Crippen LogP contribution < -0.4 is 0 Å². The number of carbonyl (C=O) groups is 1. The van der Waals surface area contributed by atoms with Crippen LogP contribution in [-0.4, -0.2) is 30.0 Å². The maximum absolute atomic E-state index is 12.6. The predicted octanol–water partition coefficient (Wildman–Crippen LogP) is 4.65. The molecule has 1 aliphatic carbocycles. The maximum Gasteiger partial charge on any atom is 0.334 e. The van der Waals surface area contributed by atoms with Gasteiger partial charge in [-0.15, -0.1) is 0 Å². The number of benzene rings is 1. The molecule has 5 heteroatoms. The average Bonchev–Trinajstić information content (AvgIpc) is 2.71. The van der Waals surface area contributed by atoms with E-state index < -0.39 is 12.1 Å². The first-order valence-electron chi connectivity index (χ1n) is 10.3. The smallest absolute Gasteiger partial charge is 0.334 e. The fourth-order valence-corrected chi connectivity index (χ4v) is 3.68. The van der Waals surface area contributed by atoms with E-state index in [1.807, 2.05) is 44.2 Å². The van der Waals surface area contributed by atoms with Crippen molar-refractivity contribution in [3.63, 3.8) is 0 Å². The van der Waals surface area contributed by atoms with Gasteiger partial charge in [-0.2, -0.15) is 0 Å². The quantitative estimate of drug-likeness (QED) is 0.290. The maximum atomic E-state index is 12.6. The summed E-state index contributed by atoms with van der Waals surface area (Å²) in [6.45, 7) is 6.27. The summed E-state index contributed by atoms with van der Waals surface area (Å²) in [5.74, 6) is -0.350. The third-order valence-corrected chi connectivity index (χ3v) is 5.14. The summed E-state index contributed by atoms with van der Waals surface area (Å²) in [5, 5.41) is 15.2. The van der Waals surface area contributed by atoms with E-state index in [0.717, 1.165) is 31.2 Å². The van der Waals surface area contributed by atoms with Gasteiger partial charge >= 0.3 is 5.97 Å². The van der Waals surface area contributed by atoms with Gasteiger partial charge in [-0.1, -0.05) is 68.6 Å². The monoisotopic (exact) mass is 387 g/mol. The van der Waals surface area contributed by atoms with Crippen LogP contribution in [0.4, 0.5) is 0 Å². The molecule has 1 aromatic rings. The van der Waals surface area contributed by atoms with Crippen LogP contribution in [-0.2, 0) is 21.0 Å². The molecule has 2 rings (SSSR count). The highest BCUT2D eigenvalue weighted by Gasteiger charge is 2.30. The SMILES string of the molecule is CCOC(=O)/C(=C(\C=N\OCc1ccccc1)C(O)C1CCCCC1)C(C)C. The van der Waals surface area contributed by atoms with Crippen molar-refractivity contribution >= 4 is 12.2 Å². The summed E-state index contributed by atoms with van der Waals surface area (Å²) in [6.07, 6.45) is 6.08. The summed E-state index contributed by atoms with van der Waals surface area (Å²) in [5.41, 5.74) is 2.01. The van der Waals surface area contributed by atoms with Crippen LogP contribution in [0.25, 0.3) is 0 Å². The molecular formula is C23H33NO4. The van der Waals surface area contributed by atoms with Crippen LogP contribution in [0.3, 0.4) is 0 Å². The number of hydrogen-bond acceptors (Lipinski definition) is 5. The molecular weight excluding hydrogens is 354 g/mol. The number of nitrogens with zero attached hydrogens (tertiary/aromatic N) is 1. The second-order valence-electron chi connectivity index (χ2n) is 7.58. The second kappa shape index (κ2) is 11.6. The lowest BCUT2D eigenvalue weighted by Crippen LogP contribution is -2.29. The number of carbonyl (C=O) groups excluding carboxylic acids is 1. The van der Waals surface area contributed by atoms with Gasteiger partial charge in [0, 0.05) is 11.1 Å². The molecule has 1 aliphatic rings. The van der Waals surface area contributed by atoms with Crippen molar-refractivity contribution in [1.82, 2.24) is 0 Å². The topological polar surface area (TPSA) is 68.1 Å². The van der Waals surface area contributed by atoms with Crippen molar-refractivity contribution < 1.29 is 19.5 Å². The van der Waals surface area contributed by atoms with Gasteiger partial charge in [0.25, 0.3) is 0 Å². The Kier molecular flexibility index (Phi) is 9.21. The molecule has 1 unspecified atom stereocenters. The van der Waals surface area contributed by atoms with E-state index in [1.54, 1.807) is 6.92 Å².